The molecular formula is C28H38N4O3. The highest BCUT2D eigenvalue weighted by Gasteiger charge is 2.42. The normalized spacial score (nSPS) is 21.3. The molecule has 0 amide bonds. The van der Waals surface area contributed by atoms with Gasteiger partial charge in [0.2, 0.25) is 5.90 Å². The van der Waals surface area contributed by atoms with Crippen LogP contribution in [-0.2, 0) is 16.0 Å². The summed E-state index contributed by atoms with van der Waals surface area (Å²) < 4.78 is 6.07. The fraction of sp³-hybridized carbons (Fsp3) is 0.536. The lowest BCUT2D eigenvalue weighted by molar-refractivity contribution is -0.149. The Morgan fingerprint density at radius 3 is 2.54 bits per heavy atom. The van der Waals surface area contributed by atoms with Crippen molar-refractivity contribution in [1.29, 1.82) is 5.41 Å². The molecule has 0 radical (unpaired) electrons. The number of carboxylic acids is 1. The molecule has 2 saturated carbocycles. The van der Waals surface area contributed by atoms with Gasteiger partial charge in [0.1, 0.15) is 17.6 Å². The van der Waals surface area contributed by atoms with Gasteiger partial charge in [0.15, 0.2) is 0 Å². The van der Waals surface area contributed by atoms with Gasteiger partial charge >= 0.3 is 5.97 Å². The maximum atomic E-state index is 11.6. The van der Waals surface area contributed by atoms with Gasteiger partial charge in [-0.2, -0.15) is 0 Å². The number of rotatable bonds is 8. The molecule has 4 N–H and O–H groups in total. The van der Waals surface area contributed by atoms with Crippen molar-refractivity contribution in [2.24, 2.45) is 11.3 Å². The van der Waals surface area contributed by atoms with Crippen LogP contribution in [0, 0.1) is 23.7 Å². The van der Waals surface area contributed by atoms with E-state index in [2.05, 4.69) is 36.6 Å². The number of pyridine rings is 1. The quantitative estimate of drug-likeness (QED) is 0.264. The minimum Gasteiger partial charge on any atom is -0.481 e. The van der Waals surface area contributed by atoms with Crippen LogP contribution in [0.15, 0.2) is 24.3 Å². The molecule has 2 atom stereocenters. The monoisotopic (exact) mass is 478 g/mol. The smallest absolute Gasteiger partial charge is 0.307 e. The molecule has 2 unspecified atom stereocenters. The summed E-state index contributed by atoms with van der Waals surface area (Å²) in [6.45, 7) is 8.27. The summed E-state index contributed by atoms with van der Waals surface area (Å²) >= 11 is 0. The van der Waals surface area contributed by atoms with Gasteiger partial charge in [0.25, 0.3) is 0 Å². The standard InChI is InChI=1S/C28H38N4O3/c1-6-17-14-20(18-7-8-18)23(13-16(17)2)31-24-12-11-22(30-5)25(32-24)26(29)35-19-9-10-21(27(33)34)28(3,4)15-19/h11-14,18-19,21,29-30H,6-10,15H2,1-5H3,(H,31,32)(H,33,34). The Morgan fingerprint density at radius 1 is 1.20 bits per heavy atom. The predicted octanol–water partition coefficient (Wildman–Crippen LogP) is 6.24. The first-order valence-electron chi connectivity index (χ1n) is 12.7. The highest BCUT2D eigenvalue weighted by Crippen LogP contribution is 2.45. The fourth-order valence-corrected chi connectivity index (χ4v) is 5.39. The molecule has 7 heteroatoms. The minimum atomic E-state index is -0.755. The Hall–Kier alpha value is -3.09. The average molecular weight is 479 g/mol. The third kappa shape index (κ3) is 5.44. The molecule has 2 aliphatic rings. The van der Waals surface area contributed by atoms with Crippen LogP contribution in [0.5, 0.6) is 0 Å². The van der Waals surface area contributed by atoms with E-state index in [0.717, 1.165) is 17.8 Å². The molecule has 2 fully saturated rings. The van der Waals surface area contributed by atoms with Crippen LogP contribution in [0.2, 0.25) is 0 Å². The zero-order chi connectivity index (χ0) is 25.3. The van der Waals surface area contributed by atoms with Crippen molar-refractivity contribution in [1.82, 2.24) is 4.98 Å². The molecule has 1 heterocycles. The van der Waals surface area contributed by atoms with E-state index in [0.29, 0.717) is 36.7 Å². The van der Waals surface area contributed by atoms with Crippen molar-refractivity contribution in [3.05, 3.63) is 46.6 Å². The molecular weight excluding hydrogens is 440 g/mol. The van der Waals surface area contributed by atoms with Gasteiger partial charge in [-0.25, -0.2) is 4.98 Å². The SMILES string of the molecule is CCc1cc(C2CC2)c(Nc2ccc(NC)c(C(=N)OC3CCC(C(=O)O)C(C)(C)C3)n2)cc1C. The second-order valence-corrected chi connectivity index (χ2v) is 10.7. The predicted molar refractivity (Wildman–Crippen MR) is 140 cm³/mol. The van der Waals surface area contributed by atoms with E-state index < -0.39 is 11.9 Å². The maximum Gasteiger partial charge on any atom is 0.307 e. The van der Waals surface area contributed by atoms with E-state index in [1.807, 2.05) is 26.0 Å². The first-order valence-corrected chi connectivity index (χ1v) is 12.7. The number of carbonyl (C=O) groups is 1. The Balaban J connectivity index is 1.54. The van der Waals surface area contributed by atoms with E-state index in [1.165, 1.54) is 29.5 Å². The Bertz CT molecular complexity index is 1120. The van der Waals surface area contributed by atoms with Gasteiger partial charge in [-0.15, -0.1) is 0 Å². The summed E-state index contributed by atoms with van der Waals surface area (Å²) in [5.74, 6) is 0.137. The molecule has 7 nitrogen and oxygen atoms in total. The summed E-state index contributed by atoms with van der Waals surface area (Å²) in [5.41, 5.74) is 5.86. The number of aliphatic carboxylic acids is 1. The van der Waals surface area contributed by atoms with E-state index in [1.54, 1.807) is 7.05 Å². The van der Waals surface area contributed by atoms with Gasteiger partial charge in [-0.1, -0.05) is 26.8 Å². The molecule has 0 bridgehead atoms. The number of aromatic nitrogens is 1. The second-order valence-electron chi connectivity index (χ2n) is 10.7. The van der Waals surface area contributed by atoms with Crippen LogP contribution in [0.25, 0.3) is 0 Å². The first-order chi connectivity index (χ1) is 16.6. The van der Waals surface area contributed by atoms with E-state index in [4.69, 9.17) is 15.1 Å². The number of hydrogen-bond donors (Lipinski definition) is 4. The Kier molecular flexibility index (Phi) is 7.06. The van der Waals surface area contributed by atoms with Crippen LogP contribution >= 0.6 is 0 Å². The first kappa shape index (κ1) is 25.0. The molecule has 2 aromatic rings. The second kappa shape index (κ2) is 9.88. The Morgan fingerprint density at radius 2 is 1.94 bits per heavy atom. The van der Waals surface area contributed by atoms with Crippen LogP contribution < -0.4 is 10.6 Å². The van der Waals surface area contributed by atoms with Crippen LogP contribution in [0.1, 0.15) is 81.2 Å². The molecule has 1 aromatic carbocycles. The zero-order valence-electron chi connectivity index (χ0n) is 21.5. The number of nitrogens with zero attached hydrogens (tertiary/aromatic N) is 1. The van der Waals surface area contributed by atoms with Gasteiger partial charge in [-0.05, 0) is 91.7 Å². The fourth-order valence-electron chi connectivity index (χ4n) is 5.39. The highest BCUT2D eigenvalue weighted by atomic mass is 16.5. The van der Waals surface area contributed by atoms with Crippen LogP contribution in [0.4, 0.5) is 17.2 Å². The highest BCUT2D eigenvalue weighted by molar-refractivity contribution is 5.96. The molecule has 2 aliphatic carbocycles. The van der Waals surface area contributed by atoms with Crippen molar-refractivity contribution in [2.75, 3.05) is 17.7 Å². The molecule has 0 spiro atoms. The number of aryl methyl sites for hydroxylation is 2. The lowest BCUT2D eigenvalue weighted by atomic mass is 9.68. The van der Waals surface area contributed by atoms with E-state index >= 15 is 0 Å². The average Bonchev–Trinajstić information content (AvgIpc) is 3.63. The van der Waals surface area contributed by atoms with Crippen LogP contribution in [-0.4, -0.2) is 35.1 Å². The number of benzene rings is 1. The molecule has 188 valence electrons. The summed E-state index contributed by atoms with van der Waals surface area (Å²) in [6.07, 6.45) is 5.00. The van der Waals surface area contributed by atoms with Gasteiger partial charge in [0, 0.05) is 12.7 Å². The molecule has 35 heavy (non-hydrogen) atoms. The van der Waals surface area contributed by atoms with Gasteiger partial charge < -0.3 is 20.5 Å². The van der Waals surface area contributed by atoms with Crippen molar-refractivity contribution in [2.45, 2.75) is 78.2 Å². The van der Waals surface area contributed by atoms with Crippen molar-refractivity contribution in [3.63, 3.8) is 0 Å². The summed E-state index contributed by atoms with van der Waals surface area (Å²) in [5, 5.41) is 24.9. The lowest BCUT2D eigenvalue weighted by Gasteiger charge is -2.39. The molecule has 0 aliphatic heterocycles. The van der Waals surface area contributed by atoms with E-state index in [-0.39, 0.29) is 17.4 Å². The molecule has 0 saturated heterocycles. The topological polar surface area (TPSA) is 107 Å². The zero-order valence-corrected chi connectivity index (χ0v) is 21.5. The Labute approximate surface area is 208 Å². The summed E-state index contributed by atoms with van der Waals surface area (Å²) in [4.78, 5) is 16.4. The van der Waals surface area contributed by atoms with E-state index in [9.17, 15) is 9.90 Å². The van der Waals surface area contributed by atoms with Gasteiger partial charge in [-0.3, -0.25) is 10.2 Å². The largest absolute Gasteiger partial charge is 0.481 e. The number of anilines is 3. The molecule has 4 rings (SSSR count). The summed E-state index contributed by atoms with van der Waals surface area (Å²) in [6, 6.07) is 8.38. The van der Waals surface area contributed by atoms with Crippen LogP contribution in [0.3, 0.4) is 0 Å². The summed E-state index contributed by atoms with van der Waals surface area (Å²) in [7, 11) is 1.81. The van der Waals surface area contributed by atoms with Gasteiger partial charge in [0.05, 0.1) is 11.6 Å². The number of carboxylic acid groups (broad SMARTS) is 1. The van der Waals surface area contributed by atoms with Crippen molar-refractivity contribution in [3.8, 4) is 0 Å². The van der Waals surface area contributed by atoms with Crippen molar-refractivity contribution >= 4 is 29.1 Å². The number of nitrogens with one attached hydrogen (secondary N) is 3. The van der Waals surface area contributed by atoms with Crippen molar-refractivity contribution < 1.29 is 14.6 Å². The number of hydrogen-bond acceptors (Lipinski definition) is 6. The number of ether oxygens (including phenoxy) is 1. The third-order valence-electron chi connectivity index (χ3n) is 7.61. The third-order valence-corrected chi connectivity index (χ3v) is 7.61. The molecule has 1 aromatic heterocycles. The minimum absolute atomic E-state index is 0.00695. The lowest BCUT2D eigenvalue weighted by Crippen LogP contribution is -2.40. The maximum absolute atomic E-state index is 11.6.